The van der Waals surface area contributed by atoms with Crippen LogP contribution >= 0.6 is 0 Å². The number of nitriles is 1. The lowest BCUT2D eigenvalue weighted by atomic mass is 9.85. The quantitative estimate of drug-likeness (QED) is 0.501. The molecule has 0 aromatic carbocycles. The van der Waals surface area contributed by atoms with Crippen LogP contribution in [0.4, 0.5) is 13.2 Å². The molecule has 35 heavy (non-hydrogen) atoms. The van der Waals surface area contributed by atoms with E-state index in [0.29, 0.717) is 13.0 Å². The van der Waals surface area contributed by atoms with Crippen molar-refractivity contribution in [2.45, 2.75) is 59.3 Å². The highest BCUT2D eigenvalue weighted by atomic mass is 19.4. The van der Waals surface area contributed by atoms with Crippen LogP contribution in [-0.2, 0) is 19.2 Å². The minimum absolute atomic E-state index is 0.0199. The van der Waals surface area contributed by atoms with Gasteiger partial charge >= 0.3 is 12.1 Å². The van der Waals surface area contributed by atoms with Crippen molar-refractivity contribution in [1.82, 2.24) is 20.9 Å². The average Bonchev–Trinajstić information content (AvgIpc) is 3.11. The Kier molecular flexibility index (Phi) is 6.87. The Balaban J connectivity index is 1.79. The monoisotopic (exact) mass is 499 g/mol. The van der Waals surface area contributed by atoms with Gasteiger partial charge in [0.05, 0.1) is 17.9 Å². The molecule has 3 N–H and O–H groups in total. The molecule has 3 fully saturated rings. The molecule has 1 aliphatic carbocycles. The van der Waals surface area contributed by atoms with Gasteiger partial charge in [-0.3, -0.25) is 19.2 Å². The van der Waals surface area contributed by atoms with E-state index in [1.165, 1.54) is 25.7 Å². The third-order valence-electron chi connectivity index (χ3n) is 7.65. The van der Waals surface area contributed by atoms with Gasteiger partial charge < -0.3 is 20.9 Å². The van der Waals surface area contributed by atoms with Crippen LogP contribution < -0.4 is 16.0 Å². The molecule has 9 nitrogen and oxygen atoms in total. The summed E-state index contributed by atoms with van der Waals surface area (Å²) < 4.78 is 38.8. The standard InChI is InChI=1S/C23H32F3N5O4/c1-21(2,3)16(30-20(35)23(24,25)26)19(34)31-10-13-14(22(13,4)5)15(31)18(33)29-9-11(8-27)12-6-7-28-17(12)32/h11-16H,6-7,9-10H2,1-5H3,(H,28,32)(H,29,33)(H,30,35)/t11?,12-,13-,14-,15-,16+/m0/s1. The van der Waals surface area contributed by atoms with E-state index in [-0.39, 0.29) is 36.2 Å². The third kappa shape index (κ3) is 5.09. The highest BCUT2D eigenvalue weighted by molar-refractivity contribution is 5.94. The van der Waals surface area contributed by atoms with Crippen LogP contribution in [0.25, 0.3) is 0 Å². The van der Waals surface area contributed by atoms with Gasteiger partial charge in [-0.05, 0) is 29.1 Å². The number of piperidine rings is 1. The number of fused-ring (bicyclic) bond motifs is 1. The number of hydrogen-bond acceptors (Lipinski definition) is 5. The molecule has 194 valence electrons. The lowest BCUT2D eigenvalue weighted by Crippen LogP contribution is -2.60. The Morgan fingerprint density at radius 2 is 1.89 bits per heavy atom. The van der Waals surface area contributed by atoms with Crippen molar-refractivity contribution in [3.05, 3.63) is 0 Å². The van der Waals surface area contributed by atoms with Crippen molar-refractivity contribution in [3.8, 4) is 6.07 Å². The molecule has 4 amide bonds. The van der Waals surface area contributed by atoms with Crippen LogP contribution in [0, 0.1) is 45.8 Å². The Labute approximate surface area is 202 Å². The van der Waals surface area contributed by atoms with Crippen LogP contribution in [0.1, 0.15) is 41.0 Å². The number of hydrogen-bond donors (Lipinski definition) is 3. The van der Waals surface area contributed by atoms with E-state index >= 15 is 0 Å². The fourth-order valence-corrected chi connectivity index (χ4v) is 5.43. The van der Waals surface area contributed by atoms with E-state index in [0.717, 1.165) is 0 Å². The first kappa shape index (κ1) is 26.8. The van der Waals surface area contributed by atoms with Crippen LogP contribution in [-0.4, -0.2) is 66.4 Å². The highest BCUT2D eigenvalue weighted by Crippen LogP contribution is 2.65. The molecular formula is C23H32F3N5O4. The SMILES string of the molecule is CC(C)(C)[C@H](NC(=O)C(F)(F)F)C(=O)N1C[C@H]2[C@@H]([C@H]1C(=O)NCC(C#N)[C@@H]1CCNC1=O)C2(C)C. The molecule has 12 heteroatoms. The predicted molar refractivity (Wildman–Crippen MR) is 117 cm³/mol. The largest absolute Gasteiger partial charge is 0.471 e. The number of nitrogens with zero attached hydrogens (tertiary/aromatic N) is 2. The number of alkyl halides is 3. The van der Waals surface area contributed by atoms with Gasteiger partial charge in [0.1, 0.15) is 12.1 Å². The number of likely N-dealkylation sites (tertiary alicyclic amines) is 1. The lowest BCUT2D eigenvalue weighted by Gasteiger charge is -2.37. The van der Waals surface area contributed by atoms with Crippen LogP contribution in [0.2, 0.25) is 0 Å². The number of carbonyl (C=O) groups excluding carboxylic acids is 4. The second-order valence-electron chi connectivity index (χ2n) is 11.3. The predicted octanol–water partition coefficient (Wildman–Crippen LogP) is 0.955. The Hall–Kier alpha value is -2.84. The molecule has 2 aliphatic heterocycles. The molecule has 0 spiro atoms. The minimum Gasteiger partial charge on any atom is -0.356 e. The van der Waals surface area contributed by atoms with Crippen molar-refractivity contribution < 1.29 is 32.3 Å². The van der Waals surface area contributed by atoms with Crippen LogP contribution in [0.3, 0.4) is 0 Å². The molecule has 3 aliphatic rings. The van der Waals surface area contributed by atoms with Gasteiger partial charge in [-0.1, -0.05) is 34.6 Å². The topological polar surface area (TPSA) is 131 Å². The zero-order chi connectivity index (χ0) is 26.5. The summed E-state index contributed by atoms with van der Waals surface area (Å²) in [4.78, 5) is 51.6. The van der Waals surface area contributed by atoms with E-state index in [4.69, 9.17) is 0 Å². The summed E-state index contributed by atoms with van der Waals surface area (Å²) in [5.41, 5.74) is -1.30. The molecule has 0 aromatic rings. The maximum absolute atomic E-state index is 13.5. The van der Waals surface area contributed by atoms with Crippen molar-refractivity contribution in [1.29, 1.82) is 5.26 Å². The Morgan fingerprint density at radius 3 is 2.37 bits per heavy atom. The second kappa shape index (κ2) is 8.99. The maximum atomic E-state index is 13.5. The van der Waals surface area contributed by atoms with Crippen molar-refractivity contribution in [2.75, 3.05) is 19.6 Å². The molecule has 2 heterocycles. The third-order valence-corrected chi connectivity index (χ3v) is 7.65. The number of nitrogens with one attached hydrogen (secondary N) is 3. The summed E-state index contributed by atoms with van der Waals surface area (Å²) in [6.07, 6.45) is -4.68. The van der Waals surface area contributed by atoms with Gasteiger partial charge in [0.15, 0.2) is 0 Å². The van der Waals surface area contributed by atoms with Crippen molar-refractivity contribution >= 4 is 23.6 Å². The zero-order valence-corrected chi connectivity index (χ0v) is 20.5. The first-order valence-corrected chi connectivity index (χ1v) is 11.6. The smallest absolute Gasteiger partial charge is 0.356 e. The zero-order valence-electron chi connectivity index (χ0n) is 20.5. The maximum Gasteiger partial charge on any atom is 0.471 e. The molecule has 1 unspecified atom stereocenters. The summed E-state index contributed by atoms with van der Waals surface area (Å²) >= 11 is 0. The fourth-order valence-electron chi connectivity index (χ4n) is 5.43. The van der Waals surface area contributed by atoms with Crippen LogP contribution in [0.15, 0.2) is 0 Å². The first-order chi connectivity index (χ1) is 16.0. The number of amides is 4. The van der Waals surface area contributed by atoms with E-state index in [9.17, 15) is 37.6 Å². The fraction of sp³-hybridized carbons (Fsp3) is 0.783. The Bertz CT molecular complexity index is 952. The van der Waals surface area contributed by atoms with Gasteiger partial charge in [-0.25, -0.2) is 0 Å². The summed E-state index contributed by atoms with van der Waals surface area (Å²) in [7, 11) is 0. The summed E-state index contributed by atoms with van der Waals surface area (Å²) in [5.74, 6) is -5.27. The van der Waals surface area contributed by atoms with Gasteiger partial charge in [-0.15, -0.1) is 0 Å². The molecule has 0 bridgehead atoms. The normalized spacial score (nSPS) is 28.9. The van der Waals surface area contributed by atoms with E-state index in [1.54, 1.807) is 0 Å². The summed E-state index contributed by atoms with van der Waals surface area (Å²) in [6.45, 7) is 9.06. The van der Waals surface area contributed by atoms with E-state index in [2.05, 4.69) is 16.7 Å². The molecule has 1 saturated carbocycles. The highest BCUT2D eigenvalue weighted by Gasteiger charge is 2.69. The average molecular weight is 500 g/mol. The van der Waals surface area contributed by atoms with Crippen molar-refractivity contribution in [2.24, 2.45) is 34.5 Å². The van der Waals surface area contributed by atoms with E-state index in [1.807, 2.05) is 19.2 Å². The molecule has 3 rings (SSSR count). The van der Waals surface area contributed by atoms with Crippen LogP contribution in [0.5, 0.6) is 0 Å². The van der Waals surface area contributed by atoms with Gasteiger partial charge in [0, 0.05) is 19.6 Å². The van der Waals surface area contributed by atoms with E-state index < -0.39 is 53.2 Å². The molecular weight excluding hydrogens is 467 g/mol. The first-order valence-electron chi connectivity index (χ1n) is 11.6. The van der Waals surface area contributed by atoms with Gasteiger partial charge in [-0.2, -0.15) is 18.4 Å². The number of carbonyl (C=O) groups is 4. The summed E-state index contributed by atoms with van der Waals surface area (Å²) in [6, 6.07) is -0.395. The van der Waals surface area contributed by atoms with Crippen molar-refractivity contribution in [3.63, 3.8) is 0 Å². The molecule has 0 aromatic heterocycles. The molecule has 6 atom stereocenters. The molecule has 0 radical (unpaired) electrons. The minimum atomic E-state index is -5.16. The van der Waals surface area contributed by atoms with Gasteiger partial charge in [0.25, 0.3) is 0 Å². The number of rotatable bonds is 6. The number of halogens is 3. The summed E-state index contributed by atoms with van der Waals surface area (Å²) in [5, 5.41) is 16.7. The second-order valence-corrected chi connectivity index (χ2v) is 11.3. The molecule has 2 saturated heterocycles. The lowest BCUT2D eigenvalue weighted by molar-refractivity contribution is -0.176. The Morgan fingerprint density at radius 1 is 1.26 bits per heavy atom. The van der Waals surface area contributed by atoms with Gasteiger partial charge in [0.2, 0.25) is 17.7 Å².